The van der Waals surface area contributed by atoms with Crippen LogP contribution in [0.4, 0.5) is 21.7 Å². The average molecular weight is 629 g/mol. The summed E-state index contributed by atoms with van der Waals surface area (Å²) in [5, 5.41) is 13.1. The number of carbonyl (C=O) groups excluding carboxylic acids is 1. The van der Waals surface area contributed by atoms with Gasteiger partial charge in [-0.3, -0.25) is 9.69 Å². The quantitative estimate of drug-likeness (QED) is 0.395. The zero-order chi connectivity index (χ0) is 31.5. The van der Waals surface area contributed by atoms with E-state index in [0.29, 0.717) is 49.4 Å². The second-order valence-corrected chi connectivity index (χ2v) is 12.1. The van der Waals surface area contributed by atoms with Crippen molar-refractivity contribution in [1.82, 2.24) is 24.8 Å². The molecule has 3 atom stereocenters. The van der Waals surface area contributed by atoms with Crippen LogP contribution in [-0.2, 0) is 14.3 Å². The average Bonchev–Trinajstić information content (AvgIpc) is 3.61. The van der Waals surface area contributed by atoms with Crippen molar-refractivity contribution in [2.45, 2.75) is 43.7 Å². The summed E-state index contributed by atoms with van der Waals surface area (Å²) in [6.07, 6.45) is 0.634. The monoisotopic (exact) mass is 628 g/mol. The molecular weight excluding hydrogens is 591 g/mol. The van der Waals surface area contributed by atoms with Gasteiger partial charge in [-0.15, -0.1) is 0 Å². The van der Waals surface area contributed by atoms with Gasteiger partial charge in [0, 0.05) is 62.7 Å². The van der Waals surface area contributed by atoms with Gasteiger partial charge >= 0.3 is 0 Å². The van der Waals surface area contributed by atoms with Gasteiger partial charge in [-0.25, -0.2) is 14.4 Å². The third-order valence-corrected chi connectivity index (χ3v) is 9.15. The fourth-order valence-corrected chi connectivity index (χ4v) is 6.37. The predicted octanol–water partition coefficient (Wildman–Crippen LogP) is 3.17. The van der Waals surface area contributed by atoms with E-state index in [2.05, 4.69) is 48.3 Å². The van der Waals surface area contributed by atoms with Gasteiger partial charge in [0.2, 0.25) is 5.95 Å². The van der Waals surface area contributed by atoms with Crippen molar-refractivity contribution < 1.29 is 23.4 Å². The molecule has 0 spiro atoms. The molecule has 0 bridgehead atoms. The van der Waals surface area contributed by atoms with Crippen LogP contribution in [0, 0.1) is 11.3 Å². The number of anilines is 3. The SMILES string of the molecule is N#Cc1cc(-c2ncnc(Nc3ccc(N4CCN(C5COC5)CC4)cc3)n2)ccc1OC1CCN(C(=O)C2CCCO2)CC1F. The third kappa shape index (κ3) is 6.60. The highest BCUT2D eigenvalue weighted by Crippen LogP contribution is 2.29. The minimum atomic E-state index is -1.38. The highest BCUT2D eigenvalue weighted by molar-refractivity contribution is 5.81. The van der Waals surface area contributed by atoms with Crippen molar-refractivity contribution in [3.8, 4) is 23.2 Å². The van der Waals surface area contributed by atoms with E-state index >= 15 is 4.39 Å². The molecule has 4 fully saturated rings. The number of carbonyl (C=O) groups is 1. The number of aromatic nitrogens is 3. The number of piperidine rings is 1. The number of rotatable bonds is 8. The summed E-state index contributed by atoms with van der Waals surface area (Å²) >= 11 is 0. The number of ether oxygens (including phenoxy) is 3. The summed E-state index contributed by atoms with van der Waals surface area (Å²) in [4.78, 5) is 32.2. The second-order valence-electron chi connectivity index (χ2n) is 12.1. The first-order valence-corrected chi connectivity index (χ1v) is 15.9. The number of benzene rings is 2. The van der Waals surface area contributed by atoms with E-state index < -0.39 is 18.4 Å². The third-order valence-electron chi connectivity index (χ3n) is 9.15. The molecule has 0 saturated carbocycles. The Bertz CT molecular complexity index is 1570. The minimum absolute atomic E-state index is 0.0553. The van der Waals surface area contributed by atoms with Crippen LogP contribution in [0.1, 0.15) is 24.8 Å². The normalized spacial score (nSPS) is 23.9. The molecule has 0 aliphatic carbocycles. The van der Waals surface area contributed by atoms with Crippen molar-refractivity contribution >= 4 is 23.2 Å². The standard InChI is InChI=1S/C33H37FN8O4/c34-27-18-42(32(43)30-2-1-15-45-30)10-9-29(27)46-28-8-3-22(16-23(28)17-35)31-36-21-37-33(39-31)38-24-4-6-25(7-5-24)40-11-13-41(14-12-40)26-19-44-20-26/h3-8,16,21,26-27,29-30H,1-2,9-15,18-20H2,(H,36,37,38,39). The molecule has 4 saturated heterocycles. The van der Waals surface area contributed by atoms with Crippen molar-refractivity contribution in [2.75, 3.05) is 69.3 Å². The van der Waals surface area contributed by atoms with Crippen LogP contribution in [0.2, 0.25) is 0 Å². The van der Waals surface area contributed by atoms with Crippen LogP contribution in [-0.4, -0.2) is 114 Å². The van der Waals surface area contributed by atoms with E-state index in [0.717, 1.165) is 51.5 Å². The smallest absolute Gasteiger partial charge is 0.251 e. The molecule has 7 rings (SSSR count). The Morgan fingerprint density at radius 2 is 1.87 bits per heavy atom. The molecule has 1 amide bonds. The number of nitrogens with one attached hydrogen (secondary N) is 1. The molecule has 13 heteroatoms. The van der Waals surface area contributed by atoms with E-state index in [4.69, 9.17) is 14.2 Å². The van der Waals surface area contributed by atoms with Crippen molar-refractivity contribution in [3.05, 3.63) is 54.4 Å². The number of nitrogens with zero attached hydrogens (tertiary/aromatic N) is 7. The van der Waals surface area contributed by atoms with E-state index in [-0.39, 0.29) is 23.8 Å². The van der Waals surface area contributed by atoms with Crippen molar-refractivity contribution in [2.24, 2.45) is 0 Å². The first-order valence-electron chi connectivity index (χ1n) is 15.9. The van der Waals surface area contributed by atoms with Gasteiger partial charge in [-0.1, -0.05) is 0 Å². The topological polar surface area (TPSA) is 129 Å². The maximum Gasteiger partial charge on any atom is 0.251 e. The first-order chi connectivity index (χ1) is 22.5. The Hall–Kier alpha value is -4.38. The summed E-state index contributed by atoms with van der Waals surface area (Å²) < 4.78 is 31.9. The number of nitriles is 1. The number of hydrogen-bond donors (Lipinski definition) is 1. The van der Waals surface area contributed by atoms with E-state index in [1.54, 1.807) is 18.2 Å². The Balaban J connectivity index is 0.960. The number of piperazine rings is 1. The summed E-state index contributed by atoms with van der Waals surface area (Å²) in [5.41, 5.74) is 2.87. The van der Waals surface area contributed by atoms with Crippen molar-refractivity contribution in [1.29, 1.82) is 5.26 Å². The fourth-order valence-electron chi connectivity index (χ4n) is 6.37. The molecule has 1 N–H and O–H groups in total. The Morgan fingerprint density at radius 1 is 1.04 bits per heavy atom. The van der Waals surface area contributed by atoms with Gasteiger partial charge in [0.1, 0.15) is 30.4 Å². The van der Waals surface area contributed by atoms with Gasteiger partial charge in [0.15, 0.2) is 12.0 Å². The molecule has 5 heterocycles. The Labute approximate surface area is 267 Å². The van der Waals surface area contributed by atoms with E-state index in [1.807, 2.05) is 12.1 Å². The molecule has 0 radical (unpaired) electrons. The molecule has 240 valence electrons. The van der Waals surface area contributed by atoms with Crippen LogP contribution < -0.4 is 15.0 Å². The zero-order valence-electron chi connectivity index (χ0n) is 25.6. The molecule has 3 unspecified atom stereocenters. The lowest BCUT2D eigenvalue weighted by Gasteiger charge is -2.43. The lowest BCUT2D eigenvalue weighted by molar-refractivity contribution is -0.144. The fraction of sp³-hybridized carbons (Fsp3) is 0.485. The predicted molar refractivity (Wildman–Crippen MR) is 168 cm³/mol. The van der Waals surface area contributed by atoms with Gasteiger partial charge in [0.05, 0.1) is 31.4 Å². The number of alkyl halides is 1. The summed E-state index contributed by atoms with van der Waals surface area (Å²) in [6.45, 7) is 6.63. The maximum absolute atomic E-state index is 15.1. The van der Waals surface area contributed by atoms with Gasteiger partial charge < -0.3 is 29.3 Å². The molecular formula is C33H37FN8O4. The lowest BCUT2D eigenvalue weighted by Crippen LogP contribution is -2.56. The summed E-state index contributed by atoms with van der Waals surface area (Å²) in [6, 6.07) is 15.9. The van der Waals surface area contributed by atoms with Gasteiger partial charge in [-0.05, 0) is 55.3 Å². The van der Waals surface area contributed by atoms with Gasteiger partial charge in [-0.2, -0.15) is 10.2 Å². The Kier molecular flexibility index (Phi) is 8.91. The zero-order valence-corrected chi connectivity index (χ0v) is 25.6. The molecule has 2 aromatic carbocycles. The molecule has 3 aromatic rings. The molecule has 4 aliphatic heterocycles. The van der Waals surface area contributed by atoms with Crippen LogP contribution in [0.25, 0.3) is 11.4 Å². The molecule has 46 heavy (non-hydrogen) atoms. The molecule has 12 nitrogen and oxygen atoms in total. The van der Waals surface area contributed by atoms with Crippen LogP contribution in [0.3, 0.4) is 0 Å². The van der Waals surface area contributed by atoms with Crippen molar-refractivity contribution in [3.63, 3.8) is 0 Å². The largest absolute Gasteiger partial charge is 0.486 e. The maximum atomic E-state index is 15.1. The summed E-state index contributed by atoms with van der Waals surface area (Å²) in [5.74, 6) is 0.880. The van der Waals surface area contributed by atoms with Crippen LogP contribution >= 0.6 is 0 Å². The number of likely N-dealkylation sites (tertiary alicyclic amines) is 1. The van der Waals surface area contributed by atoms with E-state index in [9.17, 15) is 10.1 Å². The highest BCUT2D eigenvalue weighted by atomic mass is 19.1. The molecule has 1 aromatic heterocycles. The summed E-state index contributed by atoms with van der Waals surface area (Å²) in [7, 11) is 0. The number of amides is 1. The lowest BCUT2D eigenvalue weighted by atomic mass is 10.0. The first kappa shape index (κ1) is 30.3. The van der Waals surface area contributed by atoms with Gasteiger partial charge in [0.25, 0.3) is 5.91 Å². The number of halogens is 1. The Morgan fingerprint density at radius 3 is 2.57 bits per heavy atom. The molecule has 4 aliphatic rings. The van der Waals surface area contributed by atoms with E-state index in [1.165, 1.54) is 16.9 Å². The van der Waals surface area contributed by atoms with Crippen LogP contribution in [0.5, 0.6) is 5.75 Å². The minimum Gasteiger partial charge on any atom is -0.486 e. The number of hydrogen-bond acceptors (Lipinski definition) is 11. The second kappa shape index (κ2) is 13.5. The highest BCUT2D eigenvalue weighted by Gasteiger charge is 2.37. The van der Waals surface area contributed by atoms with Crippen LogP contribution in [0.15, 0.2) is 48.8 Å².